The first-order valence-corrected chi connectivity index (χ1v) is 7.21. The maximum absolute atomic E-state index is 12.4. The fourth-order valence-corrected chi connectivity index (χ4v) is 2.36. The predicted octanol–water partition coefficient (Wildman–Crippen LogP) is 4.39. The Morgan fingerprint density at radius 2 is 2.00 bits per heavy atom. The summed E-state index contributed by atoms with van der Waals surface area (Å²) in [6.07, 6.45) is 0. The molecule has 0 radical (unpaired) electrons. The van der Waals surface area contributed by atoms with Crippen molar-refractivity contribution in [1.82, 2.24) is 0 Å². The number of carbonyl (C=O) groups excluding carboxylic acids is 1. The molecule has 1 amide bonds. The van der Waals surface area contributed by atoms with Crippen LogP contribution in [0.5, 0.6) is 5.75 Å². The molecule has 0 aliphatic rings. The molecule has 0 saturated heterocycles. The van der Waals surface area contributed by atoms with Gasteiger partial charge in [-0.25, -0.2) is 0 Å². The number of ether oxygens (including phenoxy) is 1. The fraction of sp³-hybridized carbons (Fsp3) is 0.167. The molecule has 2 aromatic carbocycles. The second-order valence-corrected chi connectivity index (χ2v) is 4.99. The molecule has 112 valence electrons. The van der Waals surface area contributed by atoms with E-state index in [0.29, 0.717) is 18.0 Å². The third-order valence-corrected chi connectivity index (χ3v) is 3.40. The molecule has 4 heteroatoms. The molecule has 0 aliphatic heterocycles. The highest BCUT2D eigenvalue weighted by molar-refractivity contribution is 6.05. The molecule has 0 atom stereocenters. The molecule has 0 bridgehead atoms. The Kier molecular flexibility index (Phi) is 3.83. The van der Waals surface area contributed by atoms with Gasteiger partial charge in [0.2, 0.25) is 0 Å². The number of benzene rings is 2. The van der Waals surface area contributed by atoms with Gasteiger partial charge in [-0.15, -0.1) is 0 Å². The molecule has 1 heterocycles. The molecule has 0 fully saturated rings. The van der Waals surface area contributed by atoms with Crippen molar-refractivity contribution in [3.8, 4) is 5.75 Å². The van der Waals surface area contributed by atoms with E-state index < -0.39 is 0 Å². The maximum atomic E-state index is 12.4. The zero-order chi connectivity index (χ0) is 15.5. The van der Waals surface area contributed by atoms with Gasteiger partial charge in [0.1, 0.15) is 11.3 Å². The number of nitrogens with one attached hydrogen (secondary N) is 1. The minimum absolute atomic E-state index is 0.288. The van der Waals surface area contributed by atoms with E-state index in [2.05, 4.69) is 5.32 Å². The van der Waals surface area contributed by atoms with Crippen LogP contribution in [0, 0.1) is 6.92 Å². The van der Waals surface area contributed by atoms with Gasteiger partial charge in [0, 0.05) is 5.39 Å². The normalized spacial score (nSPS) is 10.6. The Hall–Kier alpha value is -2.75. The number of rotatable bonds is 4. The average molecular weight is 295 g/mol. The summed E-state index contributed by atoms with van der Waals surface area (Å²) in [5.74, 6) is 0.643. The molecular formula is C18H17NO3. The Labute approximate surface area is 128 Å². The number of aryl methyl sites for hydroxylation is 1. The number of hydrogen-bond acceptors (Lipinski definition) is 3. The highest BCUT2D eigenvalue weighted by Gasteiger charge is 2.15. The second kappa shape index (κ2) is 5.93. The quantitative estimate of drug-likeness (QED) is 0.776. The number of furan rings is 1. The van der Waals surface area contributed by atoms with E-state index in [9.17, 15) is 4.79 Å². The summed E-state index contributed by atoms with van der Waals surface area (Å²) in [7, 11) is 0. The van der Waals surface area contributed by atoms with Gasteiger partial charge in [-0.05, 0) is 37.6 Å². The first-order chi connectivity index (χ1) is 10.7. The zero-order valence-electron chi connectivity index (χ0n) is 12.6. The maximum Gasteiger partial charge on any atom is 0.291 e. The van der Waals surface area contributed by atoms with Crippen LogP contribution >= 0.6 is 0 Å². The average Bonchev–Trinajstić information content (AvgIpc) is 2.95. The molecule has 1 aromatic heterocycles. The van der Waals surface area contributed by atoms with Crippen LogP contribution in [-0.2, 0) is 0 Å². The van der Waals surface area contributed by atoms with Crippen LogP contribution < -0.4 is 10.1 Å². The predicted molar refractivity (Wildman–Crippen MR) is 86.5 cm³/mol. The summed E-state index contributed by atoms with van der Waals surface area (Å²) >= 11 is 0. The molecule has 0 spiro atoms. The van der Waals surface area contributed by atoms with Gasteiger partial charge in [-0.3, -0.25) is 4.79 Å². The Morgan fingerprint density at radius 3 is 2.77 bits per heavy atom. The molecule has 0 saturated carbocycles. The van der Waals surface area contributed by atoms with E-state index >= 15 is 0 Å². The molecule has 0 unspecified atom stereocenters. The Balaban J connectivity index is 1.89. The van der Waals surface area contributed by atoms with Gasteiger partial charge in [0.05, 0.1) is 12.3 Å². The summed E-state index contributed by atoms with van der Waals surface area (Å²) < 4.78 is 11.2. The monoisotopic (exact) mass is 295 g/mol. The third-order valence-electron chi connectivity index (χ3n) is 3.40. The summed E-state index contributed by atoms with van der Waals surface area (Å²) in [4.78, 5) is 12.4. The van der Waals surface area contributed by atoms with E-state index in [1.807, 2.05) is 50.2 Å². The lowest BCUT2D eigenvalue weighted by Crippen LogP contribution is -2.12. The summed E-state index contributed by atoms with van der Waals surface area (Å²) in [6, 6.07) is 14.9. The topological polar surface area (TPSA) is 51.5 Å². The number of amides is 1. The van der Waals surface area contributed by atoms with Crippen molar-refractivity contribution in [2.24, 2.45) is 0 Å². The lowest BCUT2D eigenvalue weighted by molar-refractivity contribution is 0.0998. The standard InChI is InChI=1S/C18H17NO3/c1-3-21-15-10-5-4-9-14(15)19-18(20)16-11-13-8-6-7-12(2)17(13)22-16/h4-11H,3H2,1-2H3,(H,19,20). The highest BCUT2D eigenvalue weighted by Crippen LogP contribution is 2.26. The van der Waals surface area contributed by atoms with Crippen molar-refractivity contribution in [2.45, 2.75) is 13.8 Å². The van der Waals surface area contributed by atoms with Gasteiger partial charge >= 0.3 is 0 Å². The molecule has 22 heavy (non-hydrogen) atoms. The number of carbonyl (C=O) groups is 1. The van der Waals surface area contributed by atoms with E-state index in [-0.39, 0.29) is 11.7 Å². The lowest BCUT2D eigenvalue weighted by atomic mass is 10.2. The smallest absolute Gasteiger partial charge is 0.291 e. The summed E-state index contributed by atoms with van der Waals surface area (Å²) in [5.41, 5.74) is 2.38. The minimum Gasteiger partial charge on any atom is -0.492 e. The number of hydrogen-bond donors (Lipinski definition) is 1. The van der Waals surface area contributed by atoms with E-state index in [4.69, 9.17) is 9.15 Å². The molecule has 1 N–H and O–H groups in total. The Bertz CT molecular complexity index is 820. The molecule has 3 aromatic rings. The largest absolute Gasteiger partial charge is 0.492 e. The van der Waals surface area contributed by atoms with Crippen LogP contribution in [0.4, 0.5) is 5.69 Å². The van der Waals surface area contributed by atoms with E-state index in [1.165, 1.54) is 0 Å². The van der Waals surface area contributed by atoms with Crippen LogP contribution in [0.1, 0.15) is 23.0 Å². The van der Waals surface area contributed by atoms with Crippen molar-refractivity contribution in [3.63, 3.8) is 0 Å². The molecule has 3 rings (SSSR count). The van der Waals surface area contributed by atoms with Crippen LogP contribution in [0.15, 0.2) is 52.9 Å². The van der Waals surface area contributed by atoms with Gasteiger partial charge in [-0.1, -0.05) is 30.3 Å². The zero-order valence-corrected chi connectivity index (χ0v) is 12.6. The fourth-order valence-electron chi connectivity index (χ4n) is 2.36. The summed E-state index contributed by atoms with van der Waals surface area (Å²) in [6.45, 7) is 4.40. The lowest BCUT2D eigenvalue weighted by Gasteiger charge is -2.10. The van der Waals surface area contributed by atoms with Gasteiger partial charge in [0.25, 0.3) is 5.91 Å². The minimum atomic E-state index is -0.289. The second-order valence-electron chi connectivity index (χ2n) is 4.99. The first kappa shape index (κ1) is 14.2. The van der Waals surface area contributed by atoms with Crippen LogP contribution in [0.25, 0.3) is 11.0 Å². The van der Waals surface area contributed by atoms with E-state index in [1.54, 1.807) is 12.1 Å². The highest BCUT2D eigenvalue weighted by atomic mass is 16.5. The first-order valence-electron chi connectivity index (χ1n) is 7.21. The number of para-hydroxylation sites is 3. The third kappa shape index (κ3) is 2.68. The van der Waals surface area contributed by atoms with Crippen molar-refractivity contribution in [2.75, 3.05) is 11.9 Å². The van der Waals surface area contributed by atoms with Crippen LogP contribution in [0.2, 0.25) is 0 Å². The van der Waals surface area contributed by atoms with Crippen LogP contribution in [-0.4, -0.2) is 12.5 Å². The van der Waals surface area contributed by atoms with Gasteiger partial charge in [-0.2, -0.15) is 0 Å². The number of fused-ring (bicyclic) bond motifs is 1. The Morgan fingerprint density at radius 1 is 1.18 bits per heavy atom. The summed E-state index contributed by atoms with van der Waals surface area (Å²) in [5, 5.41) is 3.75. The van der Waals surface area contributed by atoms with Gasteiger partial charge < -0.3 is 14.5 Å². The SMILES string of the molecule is CCOc1ccccc1NC(=O)c1cc2cccc(C)c2o1. The van der Waals surface area contributed by atoms with Crippen molar-refractivity contribution >= 4 is 22.6 Å². The van der Waals surface area contributed by atoms with Crippen molar-refractivity contribution < 1.29 is 13.9 Å². The van der Waals surface area contributed by atoms with Gasteiger partial charge in [0.15, 0.2) is 5.76 Å². The molecular weight excluding hydrogens is 278 g/mol. The number of anilines is 1. The van der Waals surface area contributed by atoms with Crippen molar-refractivity contribution in [1.29, 1.82) is 0 Å². The molecule has 4 nitrogen and oxygen atoms in total. The van der Waals surface area contributed by atoms with E-state index in [0.717, 1.165) is 16.5 Å². The molecule has 0 aliphatic carbocycles. The van der Waals surface area contributed by atoms with Crippen molar-refractivity contribution in [3.05, 3.63) is 59.9 Å². The van der Waals surface area contributed by atoms with Crippen LogP contribution in [0.3, 0.4) is 0 Å².